The molecule has 19 heteroatoms. The van der Waals surface area contributed by atoms with E-state index in [0.717, 1.165) is 4.57 Å². The molecule has 0 bridgehead atoms. The summed E-state index contributed by atoms with van der Waals surface area (Å²) in [6.45, 7) is -1.43. The minimum atomic E-state index is -5.59. The SMILES string of the molecule is NCC#Cc1cn(COCCOP(=O)(O)OP(=O)(O)OP(=O)(O)O)c(=O)nc1N. The predicted octanol–water partition coefficient (Wildman–Crippen LogP) is -1.55. The van der Waals surface area contributed by atoms with Crippen molar-refractivity contribution in [3.05, 3.63) is 22.2 Å². The number of nitrogen functional groups attached to an aromatic ring is 1. The summed E-state index contributed by atoms with van der Waals surface area (Å²) >= 11 is 0. The summed E-state index contributed by atoms with van der Waals surface area (Å²) in [5.74, 6) is 5.01. The lowest BCUT2D eigenvalue weighted by Gasteiger charge is -2.16. The van der Waals surface area contributed by atoms with Crippen molar-refractivity contribution in [3.8, 4) is 11.8 Å². The monoisotopic (exact) mass is 478 g/mol. The molecule has 16 nitrogen and oxygen atoms in total. The number of ether oxygens (including phenoxy) is 1. The standard InChI is InChI=1S/C10H17N4O12P3/c11-3-1-2-8-6-14(10(15)13-9(8)12)7-23-4-5-24-28(19,20)26-29(21,22)25-27(16,17)18/h6H,3-5,7,11H2,(H,19,20)(H,21,22)(H2,12,13,15)(H2,16,17,18). The van der Waals surface area contributed by atoms with E-state index < -0.39 is 42.4 Å². The minimum Gasteiger partial charge on any atom is -0.382 e. The molecule has 0 aliphatic carbocycles. The molecule has 8 N–H and O–H groups in total. The topological polar surface area (TPSA) is 256 Å². The Morgan fingerprint density at radius 3 is 2.34 bits per heavy atom. The zero-order valence-electron chi connectivity index (χ0n) is 14.4. The van der Waals surface area contributed by atoms with Crippen molar-refractivity contribution in [2.75, 3.05) is 25.5 Å². The van der Waals surface area contributed by atoms with Gasteiger partial charge in [-0.25, -0.2) is 18.5 Å². The van der Waals surface area contributed by atoms with Crippen molar-refractivity contribution in [3.63, 3.8) is 0 Å². The third-order valence-electron chi connectivity index (χ3n) is 2.48. The van der Waals surface area contributed by atoms with Crippen LogP contribution in [0.25, 0.3) is 0 Å². The van der Waals surface area contributed by atoms with Gasteiger partial charge in [0.1, 0.15) is 12.5 Å². The summed E-state index contributed by atoms with van der Waals surface area (Å²) in [5.41, 5.74) is 10.2. The van der Waals surface area contributed by atoms with E-state index in [9.17, 15) is 23.4 Å². The summed E-state index contributed by atoms with van der Waals surface area (Å²) in [4.78, 5) is 50.3. The van der Waals surface area contributed by atoms with Crippen molar-refractivity contribution in [2.24, 2.45) is 5.73 Å². The van der Waals surface area contributed by atoms with Gasteiger partial charge < -0.3 is 35.8 Å². The first kappa shape index (κ1) is 25.6. The molecule has 29 heavy (non-hydrogen) atoms. The molecule has 1 aromatic rings. The molecule has 0 fully saturated rings. The number of hydrogen-bond acceptors (Lipinski definition) is 11. The quantitative estimate of drug-likeness (QED) is 0.126. The molecule has 1 rings (SSSR count). The van der Waals surface area contributed by atoms with Crippen LogP contribution in [0.3, 0.4) is 0 Å². The van der Waals surface area contributed by atoms with Gasteiger partial charge in [0.2, 0.25) is 0 Å². The van der Waals surface area contributed by atoms with E-state index in [2.05, 4.69) is 30.0 Å². The Balaban J connectivity index is 2.57. The van der Waals surface area contributed by atoms with Gasteiger partial charge in [0.15, 0.2) is 0 Å². The van der Waals surface area contributed by atoms with Crippen LogP contribution in [-0.4, -0.2) is 48.9 Å². The van der Waals surface area contributed by atoms with Crippen LogP contribution in [-0.2, 0) is 38.3 Å². The first-order valence-electron chi connectivity index (χ1n) is 7.17. The average Bonchev–Trinajstić information content (AvgIpc) is 2.51. The van der Waals surface area contributed by atoms with Crippen LogP contribution in [0, 0.1) is 11.8 Å². The molecule has 164 valence electrons. The van der Waals surface area contributed by atoms with Gasteiger partial charge in [0.25, 0.3) is 0 Å². The molecule has 0 spiro atoms. The number of aromatic nitrogens is 2. The smallest absolute Gasteiger partial charge is 0.382 e. The lowest BCUT2D eigenvalue weighted by atomic mass is 10.3. The Hall–Kier alpha value is -1.43. The van der Waals surface area contributed by atoms with Gasteiger partial charge in [-0.3, -0.25) is 9.09 Å². The maximum atomic E-state index is 11.7. The number of phosphoric acid groups is 3. The molecule has 0 saturated heterocycles. The largest absolute Gasteiger partial charge is 0.490 e. The molecule has 2 unspecified atom stereocenters. The van der Waals surface area contributed by atoms with Crippen molar-refractivity contribution in [1.82, 2.24) is 9.55 Å². The summed E-state index contributed by atoms with van der Waals surface area (Å²) in [6, 6.07) is 0. The fourth-order valence-corrected chi connectivity index (χ4v) is 4.52. The molecule has 0 aliphatic rings. The zero-order valence-corrected chi connectivity index (χ0v) is 17.0. The molecule has 1 heterocycles. The third kappa shape index (κ3) is 10.2. The maximum Gasteiger partial charge on any atom is 0.490 e. The lowest BCUT2D eigenvalue weighted by Crippen LogP contribution is -2.26. The Labute approximate surface area is 162 Å². The number of nitrogens with zero attached hydrogens (tertiary/aromatic N) is 2. The average molecular weight is 478 g/mol. The molecule has 1 aromatic heterocycles. The van der Waals surface area contributed by atoms with Crippen molar-refractivity contribution < 1.29 is 51.2 Å². The van der Waals surface area contributed by atoms with E-state index in [0.29, 0.717) is 0 Å². The highest BCUT2D eigenvalue weighted by Gasteiger charge is 2.40. The first-order valence-corrected chi connectivity index (χ1v) is 11.7. The van der Waals surface area contributed by atoms with E-state index >= 15 is 0 Å². The van der Waals surface area contributed by atoms with E-state index in [1.54, 1.807) is 0 Å². The number of nitrogens with two attached hydrogens (primary N) is 2. The summed E-state index contributed by atoms with van der Waals surface area (Å²) in [6.07, 6.45) is 1.25. The minimum absolute atomic E-state index is 0.0513. The lowest BCUT2D eigenvalue weighted by molar-refractivity contribution is 0.0433. The van der Waals surface area contributed by atoms with Crippen LogP contribution >= 0.6 is 23.5 Å². The Kier molecular flexibility index (Phi) is 9.32. The molecule has 0 amide bonds. The van der Waals surface area contributed by atoms with Gasteiger partial charge in [0.05, 0.1) is 25.3 Å². The summed E-state index contributed by atoms with van der Waals surface area (Å²) < 4.78 is 50.4. The highest BCUT2D eigenvalue weighted by atomic mass is 31.3. The van der Waals surface area contributed by atoms with Crippen LogP contribution in [0.1, 0.15) is 5.56 Å². The Morgan fingerprint density at radius 1 is 1.10 bits per heavy atom. The number of rotatable bonds is 10. The number of anilines is 1. The second kappa shape index (κ2) is 10.6. The van der Waals surface area contributed by atoms with Gasteiger partial charge >= 0.3 is 29.2 Å². The van der Waals surface area contributed by atoms with E-state index in [1.165, 1.54) is 6.20 Å². The van der Waals surface area contributed by atoms with Crippen molar-refractivity contribution >= 4 is 29.3 Å². The van der Waals surface area contributed by atoms with E-state index in [-0.39, 0.29) is 24.7 Å². The number of phosphoric ester groups is 1. The van der Waals surface area contributed by atoms with Crippen LogP contribution in [0.4, 0.5) is 5.82 Å². The second-order valence-corrected chi connectivity index (χ2v) is 9.18. The molecule has 0 radical (unpaired) electrons. The van der Waals surface area contributed by atoms with Crippen LogP contribution in [0.15, 0.2) is 11.0 Å². The van der Waals surface area contributed by atoms with Gasteiger partial charge in [-0.05, 0) is 0 Å². The Bertz CT molecular complexity index is 978. The number of hydrogen-bond donors (Lipinski definition) is 6. The molecule has 0 aromatic carbocycles. The fraction of sp³-hybridized carbons (Fsp3) is 0.400. The summed E-state index contributed by atoms with van der Waals surface area (Å²) in [5, 5.41) is 0. The highest BCUT2D eigenvalue weighted by Crippen LogP contribution is 2.66. The molecular formula is C10H17N4O12P3. The summed E-state index contributed by atoms with van der Waals surface area (Å²) in [7, 11) is -16.3. The van der Waals surface area contributed by atoms with E-state index in [4.69, 9.17) is 30.9 Å². The first-order chi connectivity index (χ1) is 13.2. The predicted molar refractivity (Wildman–Crippen MR) is 94.6 cm³/mol. The molecule has 2 atom stereocenters. The van der Waals surface area contributed by atoms with Crippen molar-refractivity contribution in [2.45, 2.75) is 6.73 Å². The van der Waals surface area contributed by atoms with E-state index in [1.807, 2.05) is 0 Å². The zero-order chi connectivity index (χ0) is 22.3. The van der Waals surface area contributed by atoms with Gasteiger partial charge in [-0.2, -0.15) is 13.6 Å². The van der Waals surface area contributed by atoms with Crippen LogP contribution in [0.2, 0.25) is 0 Å². The fourth-order valence-electron chi connectivity index (χ4n) is 1.52. The van der Waals surface area contributed by atoms with Crippen molar-refractivity contribution in [1.29, 1.82) is 0 Å². The van der Waals surface area contributed by atoms with Crippen LogP contribution in [0.5, 0.6) is 0 Å². The molecular weight excluding hydrogens is 461 g/mol. The Morgan fingerprint density at radius 2 is 1.76 bits per heavy atom. The maximum absolute atomic E-state index is 11.7. The molecule has 0 aliphatic heterocycles. The third-order valence-corrected chi connectivity index (χ3v) is 6.31. The molecule has 0 saturated carbocycles. The second-order valence-electron chi connectivity index (χ2n) is 4.76. The van der Waals surface area contributed by atoms with Gasteiger partial charge in [-0.15, -0.1) is 0 Å². The van der Waals surface area contributed by atoms with Gasteiger partial charge in [-0.1, -0.05) is 11.8 Å². The normalized spacial score (nSPS) is 15.8. The highest BCUT2D eigenvalue weighted by molar-refractivity contribution is 7.66. The van der Waals surface area contributed by atoms with Gasteiger partial charge in [0, 0.05) is 6.20 Å². The van der Waals surface area contributed by atoms with Crippen LogP contribution < -0.4 is 17.2 Å².